The van der Waals surface area contributed by atoms with E-state index in [2.05, 4.69) is 19.7 Å². The smallest absolute Gasteiger partial charge is 0.302 e. The number of thiophene rings is 3. The molecule has 0 saturated carbocycles. The molecule has 94 heavy (non-hydrogen) atoms. The van der Waals surface area contributed by atoms with Crippen LogP contribution in [0.5, 0.6) is 0 Å². The number of ether oxygens (including phenoxy) is 1. The highest BCUT2D eigenvalue weighted by Crippen LogP contribution is 2.39. The minimum atomic E-state index is -3.25. The Morgan fingerprint density at radius 3 is 0.926 bits per heavy atom. The van der Waals surface area contributed by atoms with Crippen LogP contribution in [-0.2, 0) is 43.8 Å². The average molecular weight is 1440 g/mol. The molecule has 0 radical (unpaired) electrons. The maximum absolute atomic E-state index is 11.9. The Morgan fingerprint density at radius 2 is 0.702 bits per heavy atom. The zero-order chi connectivity index (χ0) is 68.2. The molecule has 6 aromatic heterocycles. The number of carboxylic acids is 1. The summed E-state index contributed by atoms with van der Waals surface area (Å²) in [5, 5.41) is 12.3. The molecular formula is C69H63Cl3N6O10S6. The molecule has 0 unspecified atom stereocenters. The van der Waals surface area contributed by atoms with Gasteiger partial charge in [-0.2, -0.15) is 0 Å². The van der Waals surface area contributed by atoms with Gasteiger partial charge in [0.25, 0.3) is 5.97 Å². The highest BCUT2D eigenvalue weighted by molar-refractivity contribution is 7.91. The molecule has 0 fully saturated rings. The highest BCUT2D eigenvalue weighted by atomic mass is 35.5. The van der Waals surface area contributed by atoms with E-state index in [0.29, 0.717) is 36.4 Å². The Balaban J connectivity index is 0.000000168. The fourth-order valence-corrected chi connectivity index (χ4v) is 14.8. The first-order chi connectivity index (χ1) is 44.5. The number of halogens is 3. The van der Waals surface area contributed by atoms with E-state index in [4.69, 9.17) is 44.7 Å². The maximum Gasteiger partial charge on any atom is 0.302 e. The van der Waals surface area contributed by atoms with Crippen LogP contribution in [0.3, 0.4) is 0 Å². The number of rotatable bonds is 13. The molecule has 0 aliphatic carbocycles. The van der Waals surface area contributed by atoms with E-state index in [1.165, 1.54) is 25.7 Å². The number of aliphatic carboxylic acids is 1. The van der Waals surface area contributed by atoms with Gasteiger partial charge in [-0.15, -0.1) is 34.0 Å². The third kappa shape index (κ3) is 18.8. The van der Waals surface area contributed by atoms with E-state index >= 15 is 0 Å². The van der Waals surface area contributed by atoms with Crippen LogP contribution in [0.2, 0.25) is 15.1 Å². The monoisotopic (exact) mass is 1430 g/mol. The molecule has 16 nitrogen and oxygen atoms in total. The summed E-state index contributed by atoms with van der Waals surface area (Å²) in [5.41, 5.74) is 7.89. The van der Waals surface area contributed by atoms with E-state index in [1.807, 2.05) is 180 Å². The molecule has 0 bridgehead atoms. The Hall–Kier alpha value is -8.29. The first kappa shape index (κ1) is 71.6. The number of hydrogen-bond acceptors (Lipinski definition) is 15. The van der Waals surface area contributed by atoms with E-state index in [1.54, 1.807) is 95.5 Å². The second kappa shape index (κ2) is 31.3. The third-order valence-corrected chi connectivity index (χ3v) is 21.0. The number of sulfone groups is 3. The second-order valence-electron chi connectivity index (χ2n) is 20.9. The van der Waals surface area contributed by atoms with Gasteiger partial charge in [0.15, 0.2) is 29.5 Å². The number of hydrogen-bond donors (Lipinski definition) is 1. The summed E-state index contributed by atoms with van der Waals surface area (Å²) in [5.74, 6) is 1.29. The van der Waals surface area contributed by atoms with Crippen LogP contribution in [0.25, 0.3) is 80.5 Å². The van der Waals surface area contributed by atoms with Crippen molar-refractivity contribution in [1.82, 2.24) is 28.7 Å². The molecule has 486 valence electrons. The van der Waals surface area contributed by atoms with Crippen molar-refractivity contribution in [2.75, 3.05) is 25.4 Å². The number of esters is 1. The average Bonchev–Trinajstić information content (AvgIpc) is 1.70. The van der Waals surface area contributed by atoms with Gasteiger partial charge in [-0.1, -0.05) is 108 Å². The van der Waals surface area contributed by atoms with Gasteiger partial charge < -0.3 is 9.84 Å². The number of nitrogens with zero attached hydrogens (tertiary/aromatic N) is 6. The molecule has 12 rings (SSSR count). The lowest BCUT2D eigenvalue weighted by molar-refractivity contribution is -0.140. The number of aryl methyl sites for hydroxylation is 3. The Morgan fingerprint density at radius 1 is 0.436 bits per heavy atom. The Bertz CT molecular complexity index is 4570. The van der Waals surface area contributed by atoms with Gasteiger partial charge in [0.2, 0.25) is 0 Å². The first-order valence-electron chi connectivity index (χ1n) is 28.5. The van der Waals surface area contributed by atoms with Gasteiger partial charge in [-0.3, -0.25) is 23.3 Å². The van der Waals surface area contributed by atoms with Gasteiger partial charge >= 0.3 is 5.97 Å². The van der Waals surface area contributed by atoms with Crippen LogP contribution < -0.4 is 0 Å². The van der Waals surface area contributed by atoms with Gasteiger partial charge in [-0.05, 0) is 154 Å². The number of carboxylic acid groups (broad SMARTS) is 1. The quantitative estimate of drug-likeness (QED) is 0.106. The molecule has 0 atom stereocenters. The first-order valence-corrected chi connectivity index (χ1v) is 37.7. The van der Waals surface area contributed by atoms with Crippen LogP contribution in [0.1, 0.15) is 37.9 Å². The van der Waals surface area contributed by atoms with Crippen LogP contribution >= 0.6 is 68.8 Å². The molecular weight excluding hydrogens is 1370 g/mol. The minimum Gasteiger partial charge on any atom is -0.481 e. The normalized spacial score (nSPS) is 11.2. The molecule has 0 saturated heterocycles. The van der Waals surface area contributed by atoms with Gasteiger partial charge in [0.1, 0.15) is 32.5 Å². The second-order valence-corrected chi connectivity index (χ2v) is 31.4. The van der Waals surface area contributed by atoms with Crippen molar-refractivity contribution >= 4 is 110 Å². The molecule has 12 aromatic rings. The number of carbonyl (C=O) groups is 2. The van der Waals surface area contributed by atoms with Crippen molar-refractivity contribution in [2.24, 2.45) is 0 Å². The molecule has 1 N–H and O–H groups in total. The lowest BCUT2D eigenvalue weighted by Crippen LogP contribution is -1.96. The summed E-state index contributed by atoms with van der Waals surface area (Å²) in [6.45, 7) is 10.6. The molecule has 6 aromatic carbocycles. The van der Waals surface area contributed by atoms with Crippen molar-refractivity contribution in [2.45, 2.75) is 56.2 Å². The summed E-state index contributed by atoms with van der Waals surface area (Å²) < 4.78 is 81.6. The van der Waals surface area contributed by atoms with Gasteiger partial charge in [0, 0.05) is 82.5 Å². The van der Waals surface area contributed by atoms with Crippen molar-refractivity contribution in [3.8, 4) is 80.5 Å². The van der Waals surface area contributed by atoms with Crippen molar-refractivity contribution in [3.63, 3.8) is 0 Å². The van der Waals surface area contributed by atoms with Crippen LogP contribution in [0.15, 0.2) is 215 Å². The summed E-state index contributed by atoms with van der Waals surface area (Å²) in [4.78, 5) is 36.7. The SMILES string of the molecule is CC(=O)O.CCOC(C)=O.Cc1cn(-c2ccc(-c3cccc(S(C)(=O)=O)c3)s2)c(-c2ccccc2Cl)n1.Cc1cn(-c2ccc(-c3cccc(S(C)(=O)=O)c3)s2)c(-c2ccccc2Cl)n1.Cc1cn(-c2ccc(-c3cccc(S(C)(=O)=O)c3)s2)c(-c2ccccc2Cl)n1. The fraction of sp³-hybridized carbons (Fsp3) is 0.145. The van der Waals surface area contributed by atoms with Gasteiger partial charge in [-0.25, -0.2) is 40.2 Å². The number of carbonyl (C=O) groups excluding carboxylic acids is 1. The topological polar surface area (TPSA) is 219 Å². The third-order valence-electron chi connectivity index (χ3n) is 13.3. The lowest BCUT2D eigenvalue weighted by atomic mass is 10.2. The number of benzene rings is 6. The van der Waals surface area contributed by atoms with Crippen LogP contribution in [-0.4, -0.2) is 96.3 Å². The standard InChI is InChI=1S/3C21H17ClN2O2S2.C4H8O2.C2H4O2/c3*1-14-13-24(21(23-14)17-8-3-4-9-18(17)22)20-11-10-19(27-20)15-6-5-7-16(12-15)28(2,25)26;1-3-6-4(2)5;1-2(3)4/h3*3-13H,1-2H3;3H2,1-2H3;1H3,(H,3,4). The van der Waals surface area contributed by atoms with Crippen molar-refractivity contribution < 1.29 is 44.7 Å². The Kier molecular flexibility index (Phi) is 23.8. The van der Waals surface area contributed by atoms with E-state index in [-0.39, 0.29) is 5.97 Å². The summed E-state index contributed by atoms with van der Waals surface area (Å²) in [7, 11) is -9.74. The molecule has 25 heteroatoms. The molecule has 0 amide bonds. The lowest BCUT2D eigenvalue weighted by Gasteiger charge is -2.07. The zero-order valence-electron chi connectivity index (χ0n) is 52.1. The van der Waals surface area contributed by atoms with Gasteiger partial charge in [0.05, 0.1) is 53.4 Å². The largest absolute Gasteiger partial charge is 0.481 e. The maximum atomic E-state index is 11.9. The summed E-state index contributed by atoms with van der Waals surface area (Å²) >= 11 is 23.9. The predicted molar refractivity (Wildman–Crippen MR) is 381 cm³/mol. The minimum absolute atomic E-state index is 0.211. The molecule has 0 aliphatic rings. The fourth-order valence-electron chi connectivity index (χ4n) is 9.18. The van der Waals surface area contributed by atoms with Crippen LogP contribution in [0, 0.1) is 20.8 Å². The van der Waals surface area contributed by atoms with E-state index in [9.17, 15) is 30.0 Å². The Labute approximate surface area is 573 Å². The van der Waals surface area contributed by atoms with E-state index < -0.39 is 35.5 Å². The predicted octanol–water partition coefficient (Wildman–Crippen LogP) is 17.6. The highest BCUT2D eigenvalue weighted by Gasteiger charge is 2.20. The molecule has 0 aliphatic heterocycles. The van der Waals surface area contributed by atoms with Crippen molar-refractivity contribution in [1.29, 1.82) is 0 Å². The van der Waals surface area contributed by atoms with Crippen LogP contribution in [0.4, 0.5) is 0 Å². The number of aromatic nitrogens is 6. The zero-order valence-corrected chi connectivity index (χ0v) is 59.3. The van der Waals surface area contributed by atoms with Crippen molar-refractivity contribution in [3.05, 3.63) is 233 Å². The summed E-state index contributed by atoms with van der Waals surface area (Å²) in [6.07, 6.45) is 9.58. The molecule has 0 spiro atoms. The number of imidazole rings is 3. The van der Waals surface area contributed by atoms with E-state index in [0.717, 1.165) is 104 Å². The molecule has 6 heterocycles. The summed E-state index contributed by atoms with van der Waals surface area (Å²) in [6, 6.07) is 55.9.